The zero-order valence-corrected chi connectivity index (χ0v) is 13.8. The van der Waals surface area contributed by atoms with Crippen LogP contribution in [0, 0.1) is 0 Å². The standard InChI is InChI=1S/C22H16N2O/c1-25-15-12-10-14(11-13-15)20-16-6-2-3-7-17(16)21-22(24-20)18-8-4-5-9-19(18)23-21/h2-13,23H,1H3. The van der Waals surface area contributed by atoms with Crippen molar-refractivity contribution in [1.29, 1.82) is 0 Å². The fourth-order valence-corrected chi connectivity index (χ4v) is 3.49. The summed E-state index contributed by atoms with van der Waals surface area (Å²) in [7, 11) is 1.68. The van der Waals surface area contributed by atoms with E-state index in [9.17, 15) is 0 Å². The van der Waals surface area contributed by atoms with E-state index in [1.165, 1.54) is 5.39 Å². The third-order valence-corrected chi connectivity index (χ3v) is 4.72. The monoisotopic (exact) mass is 324 g/mol. The van der Waals surface area contributed by atoms with E-state index in [1.54, 1.807) is 7.11 Å². The van der Waals surface area contributed by atoms with Crippen LogP contribution in [0.2, 0.25) is 0 Å². The topological polar surface area (TPSA) is 37.9 Å². The molecule has 25 heavy (non-hydrogen) atoms. The minimum absolute atomic E-state index is 0.848. The Labute approximate surface area is 144 Å². The number of aromatic nitrogens is 2. The molecule has 0 radical (unpaired) electrons. The fraction of sp³-hybridized carbons (Fsp3) is 0.0455. The normalized spacial score (nSPS) is 11.4. The number of hydrogen-bond donors (Lipinski definition) is 1. The highest BCUT2D eigenvalue weighted by Crippen LogP contribution is 2.35. The van der Waals surface area contributed by atoms with Gasteiger partial charge in [-0.2, -0.15) is 0 Å². The van der Waals surface area contributed by atoms with Crippen LogP contribution < -0.4 is 4.74 Å². The van der Waals surface area contributed by atoms with Crippen LogP contribution in [-0.2, 0) is 0 Å². The Hall–Kier alpha value is -3.33. The molecule has 0 amide bonds. The van der Waals surface area contributed by atoms with Crippen LogP contribution in [0.4, 0.5) is 0 Å². The minimum atomic E-state index is 0.848. The maximum absolute atomic E-state index is 5.28. The molecule has 2 aromatic heterocycles. The van der Waals surface area contributed by atoms with Gasteiger partial charge in [0.15, 0.2) is 0 Å². The number of nitrogens with zero attached hydrogens (tertiary/aromatic N) is 1. The van der Waals surface area contributed by atoms with Crippen molar-refractivity contribution in [1.82, 2.24) is 9.97 Å². The number of H-pyrrole nitrogens is 1. The van der Waals surface area contributed by atoms with Crippen LogP contribution in [0.3, 0.4) is 0 Å². The third kappa shape index (κ3) is 2.09. The van der Waals surface area contributed by atoms with Crippen LogP contribution in [0.15, 0.2) is 72.8 Å². The summed E-state index contributed by atoms with van der Waals surface area (Å²) in [6.45, 7) is 0. The smallest absolute Gasteiger partial charge is 0.118 e. The number of methoxy groups -OCH3 is 1. The molecule has 0 aliphatic heterocycles. The molecular weight excluding hydrogens is 308 g/mol. The second-order valence-electron chi connectivity index (χ2n) is 6.13. The summed E-state index contributed by atoms with van der Waals surface area (Å²) in [4.78, 5) is 8.58. The number of pyridine rings is 1. The maximum Gasteiger partial charge on any atom is 0.118 e. The van der Waals surface area contributed by atoms with Crippen LogP contribution in [-0.4, -0.2) is 17.1 Å². The van der Waals surface area contributed by atoms with Gasteiger partial charge in [0.2, 0.25) is 0 Å². The highest BCUT2D eigenvalue weighted by molar-refractivity contribution is 6.17. The molecule has 120 valence electrons. The SMILES string of the molecule is COc1ccc(-c2nc3c4ccccc4[nH]c3c3ccccc23)cc1. The average Bonchev–Trinajstić information content (AvgIpc) is 3.06. The predicted octanol–water partition coefficient (Wildman–Crippen LogP) is 5.54. The number of nitrogens with one attached hydrogen (secondary N) is 1. The van der Waals surface area contributed by atoms with Crippen molar-refractivity contribution in [2.45, 2.75) is 0 Å². The first-order chi connectivity index (χ1) is 12.3. The number of benzene rings is 3. The summed E-state index contributed by atoms with van der Waals surface area (Å²) in [5.74, 6) is 0.848. The lowest BCUT2D eigenvalue weighted by molar-refractivity contribution is 0.415. The Balaban J connectivity index is 1.91. The summed E-state index contributed by atoms with van der Waals surface area (Å²) in [5.41, 5.74) is 5.30. The van der Waals surface area contributed by atoms with Gasteiger partial charge in [-0.05, 0) is 30.3 Å². The van der Waals surface area contributed by atoms with E-state index in [4.69, 9.17) is 9.72 Å². The second kappa shape index (κ2) is 5.35. The lowest BCUT2D eigenvalue weighted by Crippen LogP contribution is -1.89. The number of rotatable bonds is 2. The number of hydrogen-bond acceptors (Lipinski definition) is 2. The molecule has 1 N–H and O–H groups in total. The van der Waals surface area contributed by atoms with Crippen LogP contribution in [0.5, 0.6) is 5.75 Å². The summed E-state index contributed by atoms with van der Waals surface area (Å²) in [6, 6.07) is 24.8. The molecule has 2 heterocycles. The Morgan fingerprint density at radius 3 is 2.20 bits per heavy atom. The van der Waals surface area contributed by atoms with Gasteiger partial charge in [0.1, 0.15) is 5.75 Å². The number of fused-ring (bicyclic) bond motifs is 5. The number of aromatic amines is 1. The molecule has 0 atom stereocenters. The van der Waals surface area contributed by atoms with Crippen molar-refractivity contribution in [3.05, 3.63) is 72.8 Å². The largest absolute Gasteiger partial charge is 0.497 e. The predicted molar refractivity (Wildman–Crippen MR) is 103 cm³/mol. The highest BCUT2D eigenvalue weighted by atomic mass is 16.5. The molecule has 0 saturated heterocycles. The Bertz CT molecular complexity index is 1220. The molecule has 0 aliphatic rings. The highest BCUT2D eigenvalue weighted by Gasteiger charge is 2.14. The first-order valence-corrected chi connectivity index (χ1v) is 8.29. The van der Waals surface area contributed by atoms with Crippen molar-refractivity contribution in [2.24, 2.45) is 0 Å². The molecule has 3 aromatic carbocycles. The Morgan fingerprint density at radius 2 is 1.44 bits per heavy atom. The Kier molecular flexibility index (Phi) is 3.01. The molecule has 0 spiro atoms. The van der Waals surface area contributed by atoms with E-state index in [1.807, 2.05) is 18.2 Å². The van der Waals surface area contributed by atoms with Crippen LogP contribution in [0.25, 0.3) is 44.0 Å². The lowest BCUT2D eigenvalue weighted by Gasteiger charge is -2.08. The van der Waals surface area contributed by atoms with Gasteiger partial charge in [0.05, 0.1) is 23.8 Å². The van der Waals surface area contributed by atoms with E-state index >= 15 is 0 Å². The van der Waals surface area contributed by atoms with E-state index in [2.05, 4.69) is 59.6 Å². The quantitative estimate of drug-likeness (QED) is 0.462. The first-order valence-electron chi connectivity index (χ1n) is 8.29. The van der Waals surface area contributed by atoms with Crippen molar-refractivity contribution in [2.75, 3.05) is 7.11 Å². The van der Waals surface area contributed by atoms with Gasteiger partial charge in [0.25, 0.3) is 0 Å². The van der Waals surface area contributed by atoms with Crippen molar-refractivity contribution in [3.8, 4) is 17.0 Å². The van der Waals surface area contributed by atoms with Crippen molar-refractivity contribution >= 4 is 32.7 Å². The summed E-state index contributed by atoms with van der Waals surface area (Å²) in [5, 5.41) is 3.49. The van der Waals surface area contributed by atoms with Gasteiger partial charge >= 0.3 is 0 Å². The average molecular weight is 324 g/mol. The molecule has 0 bridgehead atoms. The molecule has 0 saturated carbocycles. The lowest BCUT2D eigenvalue weighted by atomic mass is 10.0. The molecule has 5 aromatic rings. The molecule has 3 heteroatoms. The second-order valence-corrected chi connectivity index (χ2v) is 6.13. The number of ether oxygens (including phenoxy) is 1. The van der Waals surface area contributed by atoms with Gasteiger partial charge in [-0.3, -0.25) is 0 Å². The van der Waals surface area contributed by atoms with Crippen molar-refractivity contribution < 1.29 is 4.74 Å². The minimum Gasteiger partial charge on any atom is -0.497 e. The molecular formula is C22H16N2O. The van der Waals surface area contributed by atoms with Gasteiger partial charge < -0.3 is 9.72 Å². The molecule has 0 fully saturated rings. The van der Waals surface area contributed by atoms with E-state index in [-0.39, 0.29) is 0 Å². The van der Waals surface area contributed by atoms with E-state index < -0.39 is 0 Å². The fourth-order valence-electron chi connectivity index (χ4n) is 3.49. The molecule has 3 nitrogen and oxygen atoms in total. The van der Waals surface area contributed by atoms with Crippen LogP contribution in [0.1, 0.15) is 0 Å². The summed E-state index contributed by atoms with van der Waals surface area (Å²) >= 11 is 0. The maximum atomic E-state index is 5.28. The molecule has 0 aliphatic carbocycles. The van der Waals surface area contributed by atoms with Gasteiger partial charge in [-0.25, -0.2) is 4.98 Å². The molecule has 5 rings (SSSR count). The first kappa shape index (κ1) is 14.1. The zero-order chi connectivity index (χ0) is 16.8. The van der Waals surface area contributed by atoms with E-state index in [0.29, 0.717) is 0 Å². The number of para-hydroxylation sites is 1. The third-order valence-electron chi connectivity index (χ3n) is 4.72. The van der Waals surface area contributed by atoms with Gasteiger partial charge in [0, 0.05) is 27.2 Å². The van der Waals surface area contributed by atoms with Gasteiger partial charge in [-0.1, -0.05) is 42.5 Å². The zero-order valence-electron chi connectivity index (χ0n) is 13.8. The van der Waals surface area contributed by atoms with Crippen LogP contribution >= 0.6 is 0 Å². The Morgan fingerprint density at radius 1 is 0.760 bits per heavy atom. The van der Waals surface area contributed by atoms with Crippen molar-refractivity contribution in [3.63, 3.8) is 0 Å². The van der Waals surface area contributed by atoms with E-state index in [0.717, 1.165) is 44.3 Å². The molecule has 0 unspecified atom stereocenters. The summed E-state index contributed by atoms with van der Waals surface area (Å²) < 4.78 is 5.28. The van der Waals surface area contributed by atoms with Gasteiger partial charge in [-0.15, -0.1) is 0 Å². The summed E-state index contributed by atoms with van der Waals surface area (Å²) in [6.07, 6.45) is 0.